The Morgan fingerprint density at radius 1 is 1.09 bits per heavy atom. The summed E-state index contributed by atoms with van der Waals surface area (Å²) in [5.41, 5.74) is 4.45. The summed E-state index contributed by atoms with van der Waals surface area (Å²) >= 11 is 1.52. The van der Waals surface area contributed by atoms with E-state index in [1.54, 1.807) is 16.9 Å². The van der Waals surface area contributed by atoms with Crippen LogP contribution in [0, 0.1) is 6.92 Å². The van der Waals surface area contributed by atoms with Gasteiger partial charge in [0.25, 0.3) is 5.91 Å². The third-order valence-electron chi connectivity index (χ3n) is 6.09. The number of nitrogens with zero attached hydrogens (tertiary/aromatic N) is 2. The lowest BCUT2D eigenvalue weighted by Crippen LogP contribution is -2.51. The van der Waals surface area contributed by atoms with Crippen molar-refractivity contribution in [3.05, 3.63) is 89.5 Å². The van der Waals surface area contributed by atoms with Crippen molar-refractivity contribution in [3.63, 3.8) is 0 Å². The maximum Gasteiger partial charge on any atom is 0.323 e. The highest BCUT2D eigenvalue weighted by Crippen LogP contribution is 2.54. The van der Waals surface area contributed by atoms with Gasteiger partial charge in [-0.15, -0.1) is 11.8 Å². The smallest absolute Gasteiger partial charge is 0.323 e. The summed E-state index contributed by atoms with van der Waals surface area (Å²) in [5.74, 6) is 1.35. The van der Waals surface area contributed by atoms with Crippen LogP contribution < -0.4 is 15.0 Å². The van der Waals surface area contributed by atoms with Gasteiger partial charge >= 0.3 is 6.03 Å². The van der Waals surface area contributed by atoms with Crippen LogP contribution in [0.5, 0.6) is 5.75 Å². The molecule has 0 aliphatic carbocycles. The predicted molar refractivity (Wildman–Crippen MR) is 132 cm³/mol. The van der Waals surface area contributed by atoms with Crippen LogP contribution in [0.2, 0.25) is 0 Å². The molecule has 1 atom stereocenters. The Morgan fingerprint density at radius 2 is 1.91 bits per heavy atom. The van der Waals surface area contributed by atoms with Gasteiger partial charge in [-0.05, 0) is 48.4 Å². The summed E-state index contributed by atoms with van der Waals surface area (Å²) in [6, 6.07) is 22.9. The third kappa shape index (κ3) is 3.62. The number of carbonyl (C=O) groups excluding carboxylic acids is 2. The average molecular weight is 460 g/mol. The SMILES string of the molecule is COc1cccc(CN2C(=O)C3(SCCN3C(=O)Nc3cccc(C)c3)c3ccccc32)c1. The van der Waals surface area contributed by atoms with Gasteiger partial charge in [-0.2, -0.15) is 0 Å². The van der Waals surface area contributed by atoms with Crippen LogP contribution in [0.1, 0.15) is 16.7 Å². The summed E-state index contributed by atoms with van der Waals surface area (Å²) in [5, 5.41) is 2.99. The van der Waals surface area contributed by atoms with Crippen molar-refractivity contribution < 1.29 is 14.3 Å². The van der Waals surface area contributed by atoms with Crippen LogP contribution in [0.4, 0.5) is 16.2 Å². The number of hydrogen-bond donors (Lipinski definition) is 1. The molecule has 1 N–H and O–H groups in total. The topological polar surface area (TPSA) is 61.9 Å². The second-order valence-electron chi connectivity index (χ2n) is 8.20. The highest BCUT2D eigenvalue weighted by atomic mass is 32.2. The van der Waals surface area contributed by atoms with E-state index in [1.165, 1.54) is 11.8 Å². The molecule has 0 saturated carbocycles. The van der Waals surface area contributed by atoms with Crippen LogP contribution >= 0.6 is 11.8 Å². The lowest BCUT2D eigenvalue weighted by molar-refractivity contribution is -0.123. The zero-order valence-corrected chi connectivity index (χ0v) is 19.4. The molecule has 6 nitrogen and oxygen atoms in total. The second kappa shape index (κ2) is 8.48. The highest BCUT2D eigenvalue weighted by Gasteiger charge is 2.59. The van der Waals surface area contributed by atoms with Crippen molar-refractivity contribution in [1.82, 2.24) is 4.90 Å². The van der Waals surface area contributed by atoms with Crippen LogP contribution in [0.3, 0.4) is 0 Å². The Balaban J connectivity index is 1.50. The molecule has 1 fully saturated rings. The van der Waals surface area contributed by atoms with Gasteiger partial charge in [0.2, 0.25) is 0 Å². The summed E-state index contributed by atoms with van der Waals surface area (Å²) in [6.45, 7) is 2.88. The van der Waals surface area contributed by atoms with Gasteiger partial charge in [0.05, 0.1) is 19.3 Å². The predicted octanol–water partition coefficient (Wildman–Crippen LogP) is 4.98. The van der Waals surface area contributed by atoms with E-state index < -0.39 is 4.87 Å². The zero-order valence-electron chi connectivity index (χ0n) is 18.6. The van der Waals surface area contributed by atoms with E-state index in [2.05, 4.69) is 5.32 Å². The number of hydrogen-bond acceptors (Lipinski definition) is 4. The number of anilines is 2. The Labute approximate surface area is 197 Å². The first-order chi connectivity index (χ1) is 16.0. The molecule has 1 unspecified atom stereocenters. The standard InChI is InChI=1S/C26H25N3O3S/c1-18-7-5-9-20(15-18)27-25(31)29-13-14-33-26(29)22-11-3-4-12-23(22)28(24(26)30)17-19-8-6-10-21(16-19)32-2/h3-12,15-16H,13-14,17H2,1-2H3,(H,27,31). The molecule has 1 spiro atoms. The van der Waals surface area contributed by atoms with Gasteiger partial charge in [-0.1, -0.05) is 42.5 Å². The minimum atomic E-state index is -1.07. The van der Waals surface area contributed by atoms with E-state index in [4.69, 9.17) is 4.74 Å². The van der Waals surface area contributed by atoms with Crippen LogP contribution in [0.25, 0.3) is 0 Å². The zero-order chi connectivity index (χ0) is 23.0. The van der Waals surface area contributed by atoms with Crippen molar-refractivity contribution in [2.24, 2.45) is 0 Å². The van der Waals surface area contributed by atoms with Crippen molar-refractivity contribution in [3.8, 4) is 5.75 Å². The number of carbonyl (C=O) groups is 2. The Bertz CT molecular complexity index is 1230. The molecule has 2 aliphatic heterocycles. The maximum absolute atomic E-state index is 14.0. The second-order valence-corrected chi connectivity index (χ2v) is 9.49. The number of methoxy groups -OCH3 is 1. The monoisotopic (exact) mass is 459 g/mol. The van der Waals surface area contributed by atoms with Crippen LogP contribution in [-0.4, -0.2) is 36.2 Å². The number of benzene rings is 3. The Hall–Kier alpha value is -3.45. The third-order valence-corrected chi connectivity index (χ3v) is 7.51. The van der Waals surface area contributed by atoms with E-state index in [9.17, 15) is 9.59 Å². The molecule has 0 aromatic heterocycles. The van der Waals surface area contributed by atoms with Gasteiger partial charge in [-0.25, -0.2) is 4.79 Å². The van der Waals surface area contributed by atoms with Gasteiger partial charge < -0.3 is 15.0 Å². The van der Waals surface area contributed by atoms with E-state index in [1.807, 2.05) is 79.7 Å². The highest BCUT2D eigenvalue weighted by molar-refractivity contribution is 8.01. The molecule has 3 aromatic rings. The molecule has 33 heavy (non-hydrogen) atoms. The molecular formula is C26H25N3O3S. The van der Waals surface area contributed by atoms with Gasteiger partial charge in [0.15, 0.2) is 4.87 Å². The molecule has 5 rings (SSSR count). The number of urea groups is 1. The molecule has 3 amide bonds. The molecule has 2 aliphatic rings. The van der Waals surface area contributed by atoms with E-state index in [-0.39, 0.29) is 11.9 Å². The first-order valence-corrected chi connectivity index (χ1v) is 11.8. The van der Waals surface area contributed by atoms with E-state index in [0.717, 1.165) is 33.8 Å². The molecule has 1 saturated heterocycles. The number of para-hydroxylation sites is 1. The molecule has 0 radical (unpaired) electrons. The fourth-order valence-corrected chi connectivity index (χ4v) is 6.05. The molecule has 0 bridgehead atoms. The fourth-order valence-electron chi connectivity index (χ4n) is 4.59. The van der Waals surface area contributed by atoms with Crippen molar-refractivity contribution in [1.29, 1.82) is 0 Å². The number of rotatable bonds is 4. The van der Waals surface area contributed by atoms with Gasteiger partial charge in [-0.3, -0.25) is 9.69 Å². The summed E-state index contributed by atoms with van der Waals surface area (Å²) in [6.07, 6.45) is 0. The fraction of sp³-hybridized carbons (Fsp3) is 0.231. The minimum absolute atomic E-state index is 0.0894. The largest absolute Gasteiger partial charge is 0.497 e. The number of aryl methyl sites for hydroxylation is 1. The van der Waals surface area contributed by atoms with E-state index >= 15 is 0 Å². The average Bonchev–Trinajstić information content (AvgIpc) is 3.37. The van der Waals surface area contributed by atoms with Crippen molar-refractivity contribution in [2.75, 3.05) is 29.6 Å². The summed E-state index contributed by atoms with van der Waals surface area (Å²) in [4.78, 5) is 29.8. The van der Waals surface area contributed by atoms with Crippen molar-refractivity contribution >= 4 is 35.1 Å². The summed E-state index contributed by atoms with van der Waals surface area (Å²) in [7, 11) is 1.63. The Morgan fingerprint density at radius 3 is 2.73 bits per heavy atom. The quantitative estimate of drug-likeness (QED) is 0.598. The molecule has 7 heteroatoms. The normalized spacial score (nSPS) is 19.2. The number of nitrogens with one attached hydrogen (secondary N) is 1. The van der Waals surface area contributed by atoms with Crippen LogP contribution in [-0.2, 0) is 16.2 Å². The number of fused-ring (bicyclic) bond motifs is 2. The Kier molecular flexibility index (Phi) is 5.50. The first-order valence-electron chi connectivity index (χ1n) is 10.9. The van der Waals surface area contributed by atoms with E-state index in [0.29, 0.717) is 18.8 Å². The molecule has 3 aromatic carbocycles. The van der Waals surface area contributed by atoms with Gasteiger partial charge in [0, 0.05) is 23.5 Å². The molecule has 168 valence electrons. The minimum Gasteiger partial charge on any atom is -0.497 e. The number of amides is 3. The number of ether oxygens (including phenoxy) is 1. The lowest BCUT2D eigenvalue weighted by atomic mass is 10.1. The summed E-state index contributed by atoms with van der Waals surface area (Å²) < 4.78 is 5.35. The maximum atomic E-state index is 14.0. The molecular weight excluding hydrogens is 434 g/mol. The van der Waals surface area contributed by atoms with Gasteiger partial charge in [0.1, 0.15) is 5.75 Å². The first kappa shape index (κ1) is 21.4. The number of thioether (sulfide) groups is 1. The van der Waals surface area contributed by atoms with Crippen molar-refractivity contribution in [2.45, 2.75) is 18.3 Å². The molecule has 2 heterocycles. The van der Waals surface area contributed by atoms with Crippen LogP contribution in [0.15, 0.2) is 72.8 Å². The lowest BCUT2D eigenvalue weighted by Gasteiger charge is -2.33.